The van der Waals surface area contributed by atoms with E-state index in [4.69, 9.17) is 10.5 Å². The third kappa shape index (κ3) is 6.04. The third-order valence-corrected chi connectivity index (χ3v) is 4.41. The van der Waals surface area contributed by atoms with Gasteiger partial charge < -0.3 is 15.8 Å². The molecule has 5 heteroatoms. The Morgan fingerprint density at radius 2 is 2.13 bits per heavy atom. The van der Waals surface area contributed by atoms with Crippen LogP contribution in [0.4, 0.5) is 0 Å². The van der Waals surface area contributed by atoms with Gasteiger partial charge in [0.25, 0.3) is 0 Å². The number of aryl methyl sites for hydroxylation is 1. The van der Waals surface area contributed by atoms with Crippen molar-refractivity contribution in [1.82, 2.24) is 5.32 Å². The zero-order valence-electron chi connectivity index (χ0n) is 14.3. The molecule has 0 spiro atoms. The summed E-state index contributed by atoms with van der Waals surface area (Å²) in [5.41, 5.74) is 8.14. The minimum Gasteiger partial charge on any atom is -0.493 e. The number of nitrogens with one attached hydrogen (secondary N) is 1. The van der Waals surface area contributed by atoms with Crippen molar-refractivity contribution >= 4 is 18.3 Å². The number of amides is 1. The van der Waals surface area contributed by atoms with Crippen LogP contribution in [0.1, 0.15) is 44.2 Å². The van der Waals surface area contributed by atoms with E-state index in [1.54, 1.807) is 0 Å². The molecule has 1 aliphatic carbocycles. The molecule has 1 aromatic rings. The highest BCUT2D eigenvalue weighted by Gasteiger charge is 2.23. The maximum Gasteiger partial charge on any atom is 0.237 e. The van der Waals surface area contributed by atoms with Gasteiger partial charge in [0.2, 0.25) is 5.91 Å². The highest BCUT2D eigenvalue weighted by Crippen LogP contribution is 2.30. The first-order valence-electron chi connectivity index (χ1n) is 8.26. The minimum absolute atomic E-state index is 0. The lowest BCUT2D eigenvalue weighted by molar-refractivity contribution is -0.123. The van der Waals surface area contributed by atoms with Crippen LogP contribution in [0.25, 0.3) is 0 Å². The van der Waals surface area contributed by atoms with Gasteiger partial charge in [-0.3, -0.25) is 4.79 Å². The molecule has 2 rings (SSSR count). The van der Waals surface area contributed by atoms with Crippen molar-refractivity contribution in [2.24, 2.45) is 17.6 Å². The monoisotopic (exact) mass is 340 g/mol. The molecule has 23 heavy (non-hydrogen) atoms. The predicted octanol–water partition coefficient (Wildman–Crippen LogP) is 3.20. The summed E-state index contributed by atoms with van der Waals surface area (Å²) in [5.74, 6) is 1.68. The van der Waals surface area contributed by atoms with Gasteiger partial charge in [-0.05, 0) is 43.2 Å². The molecule has 130 valence electrons. The number of carbonyl (C=O) groups is 1. The van der Waals surface area contributed by atoms with E-state index in [2.05, 4.69) is 5.32 Å². The maximum atomic E-state index is 12.1. The lowest BCUT2D eigenvalue weighted by Gasteiger charge is -2.18. The molecule has 0 saturated heterocycles. The topological polar surface area (TPSA) is 64.4 Å². The van der Waals surface area contributed by atoms with Crippen LogP contribution >= 0.6 is 12.4 Å². The first-order valence-corrected chi connectivity index (χ1v) is 8.26. The number of hydrogen-bond donors (Lipinski definition) is 2. The summed E-state index contributed by atoms with van der Waals surface area (Å²) in [5, 5.41) is 2.93. The van der Waals surface area contributed by atoms with Gasteiger partial charge in [-0.25, -0.2) is 0 Å². The SMILES string of the molecule is CCC(C)C(N)C(=O)NCc1ccc(C)cc1OCC1CC1.Cl. The number of ether oxygens (including phenoxy) is 1. The first kappa shape index (κ1) is 19.8. The van der Waals surface area contributed by atoms with Gasteiger partial charge in [0.1, 0.15) is 5.75 Å². The van der Waals surface area contributed by atoms with Crippen molar-refractivity contribution in [1.29, 1.82) is 0 Å². The number of hydrogen-bond acceptors (Lipinski definition) is 3. The maximum absolute atomic E-state index is 12.1. The van der Waals surface area contributed by atoms with E-state index < -0.39 is 6.04 Å². The summed E-state index contributed by atoms with van der Waals surface area (Å²) in [4.78, 5) is 12.1. The van der Waals surface area contributed by atoms with E-state index in [1.807, 2.05) is 39.0 Å². The summed E-state index contributed by atoms with van der Waals surface area (Å²) in [6.45, 7) is 7.33. The molecule has 1 aromatic carbocycles. The molecule has 0 radical (unpaired) electrons. The van der Waals surface area contributed by atoms with Crippen molar-refractivity contribution < 1.29 is 9.53 Å². The fourth-order valence-corrected chi connectivity index (χ4v) is 2.25. The molecule has 0 heterocycles. The second-order valence-electron chi connectivity index (χ2n) is 6.49. The quantitative estimate of drug-likeness (QED) is 0.763. The molecule has 3 N–H and O–H groups in total. The van der Waals surface area contributed by atoms with E-state index in [9.17, 15) is 4.79 Å². The fourth-order valence-electron chi connectivity index (χ4n) is 2.25. The lowest BCUT2D eigenvalue weighted by Crippen LogP contribution is -2.44. The Kier molecular flexibility index (Phi) is 7.86. The van der Waals surface area contributed by atoms with Gasteiger partial charge in [0.15, 0.2) is 0 Å². The molecule has 1 fully saturated rings. The van der Waals surface area contributed by atoms with E-state index in [1.165, 1.54) is 12.8 Å². The van der Waals surface area contributed by atoms with E-state index in [-0.39, 0.29) is 24.2 Å². The standard InChI is InChI=1S/C18H28N2O2.ClH/c1-4-13(3)17(19)18(21)20-10-15-8-5-12(2)9-16(15)22-11-14-6-7-14;/h5,8-9,13-14,17H,4,6-7,10-11,19H2,1-3H3,(H,20,21);1H. The van der Waals surface area contributed by atoms with E-state index >= 15 is 0 Å². The molecular formula is C18H29ClN2O2. The number of rotatable bonds is 8. The molecule has 2 atom stereocenters. The van der Waals surface area contributed by atoms with Crippen LogP contribution in [0, 0.1) is 18.8 Å². The van der Waals surface area contributed by atoms with Crippen molar-refractivity contribution in [3.05, 3.63) is 29.3 Å². The zero-order valence-corrected chi connectivity index (χ0v) is 15.1. The van der Waals surface area contributed by atoms with Crippen LogP contribution in [0.15, 0.2) is 18.2 Å². The van der Waals surface area contributed by atoms with Crippen molar-refractivity contribution in [3.8, 4) is 5.75 Å². The van der Waals surface area contributed by atoms with Gasteiger partial charge in [-0.1, -0.05) is 32.4 Å². The van der Waals surface area contributed by atoms with Crippen LogP contribution in [0.5, 0.6) is 5.75 Å². The largest absolute Gasteiger partial charge is 0.493 e. The van der Waals surface area contributed by atoms with Crippen LogP contribution < -0.4 is 15.8 Å². The van der Waals surface area contributed by atoms with E-state index in [0.29, 0.717) is 12.5 Å². The molecule has 2 unspecified atom stereocenters. The van der Waals surface area contributed by atoms with Crippen LogP contribution in [-0.2, 0) is 11.3 Å². The minimum atomic E-state index is -0.453. The summed E-state index contributed by atoms with van der Waals surface area (Å²) >= 11 is 0. The predicted molar refractivity (Wildman–Crippen MR) is 95.9 cm³/mol. The average Bonchev–Trinajstić information content (AvgIpc) is 3.34. The second-order valence-corrected chi connectivity index (χ2v) is 6.49. The Morgan fingerprint density at radius 3 is 2.74 bits per heavy atom. The number of benzene rings is 1. The second kappa shape index (κ2) is 9.14. The number of nitrogens with two attached hydrogens (primary N) is 1. The van der Waals surface area contributed by atoms with Crippen molar-refractivity contribution in [2.75, 3.05) is 6.61 Å². The Labute approximate surface area is 145 Å². The smallest absolute Gasteiger partial charge is 0.237 e. The summed E-state index contributed by atoms with van der Waals surface area (Å²) in [6, 6.07) is 5.65. The number of halogens is 1. The Balaban J connectivity index is 0.00000264. The molecule has 1 aliphatic rings. The summed E-state index contributed by atoms with van der Waals surface area (Å²) < 4.78 is 5.92. The Hall–Kier alpha value is -1.26. The Bertz CT molecular complexity index is 518. The Morgan fingerprint density at radius 1 is 1.43 bits per heavy atom. The van der Waals surface area contributed by atoms with Crippen molar-refractivity contribution in [2.45, 2.75) is 52.6 Å². The van der Waals surface area contributed by atoms with Crippen LogP contribution in [-0.4, -0.2) is 18.6 Å². The highest BCUT2D eigenvalue weighted by molar-refractivity contribution is 5.85. The molecular weight excluding hydrogens is 312 g/mol. The normalized spacial score (nSPS) is 16.2. The van der Waals surface area contributed by atoms with Crippen LogP contribution in [0.3, 0.4) is 0 Å². The third-order valence-electron chi connectivity index (χ3n) is 4.41. The lowest BCUT2D eigenvalue weighted by atomic mass is 9.99. The summed E-state index contributed by atoms with van der Waals surface area (Å²) in [6.07, 6.45) is 3.43. The highest BCUT2D eigenvalue weighted by atomic mass is 35.5. The molecule has 4 nitrogen and oxygen atoms in total. The zero-order chi connectivity index (χ0) is 16.1. The molecule has 1 amide bonds. The van der Waals surface area contributed by atoms with Gasteiger partial charge in [0.05, 0.1) is 12.6 Å². The molecule has 0 aliphatic heterocycles. The first-order chi connectivity index (χ1) is 10.5. The molecule has 1 saturated carbocycles. The van der Waals surface area contributed by atoms with Gasteiger partial charge in [-0.2, -0.15) is 0 Å². The van der Waals surface area contributed by atoms with Gasteiger partial charge in [-0.15, -0.1) is 12.4 Å². The van der Waals surface area contributed by atoms with E-state index in [0.717, 1.165) is 29.9 Å². The fraction of sp³-hybridized carbons (Fsp3) is 0.611. The number of carbonyl (C=O) groups excluding carboxylic acids is 1. The van der Waals surface area contributed by atoms with Gasteiger partial charge >= 0.3 is 0 Å². The van der Waals surface area contributed by atoms with Crippen LogP contribution in [0.2, 0.25) is 0 Å². The molecule has 0 aromatic heterocycles. The average molecular weight is 341 g/mol. The molecule has 0 bridgehead atoms. The van der Waals surface area contributed by atoms with Crippen molar-refractivity contribution in [3.63, 3.8) is 0 Å². The van der Waals surface area contributed by atoms with Gasteiger partial charge in [0, 0.05) is 12.1 Å². The summed E-state index contributed by atoms with van der Waals surface area (Å²) in [7, 11) is 0.